The highest BCUT2D eigenvalue weighted by atomic mass is 35.5. The van der Waals surface area contributed by atoms with Gasteiger partial charge in [-0.25, -0.2) is 0 Å². The van der Waals surface area contributed by atoms with Crippen LogP contribution in [0.4, 0.5) is 0 Å². The number of halogens is 1. The second-order valence-corrected chi connectivity index (χ2v) is 5.71. The summed E-state index contributed by atoms with van der Waals surface area (Å²) in [5.41, 5.74) is 5.86. The van der Waals surface area contributed by atoms with E-state index < -0.39 is 0 Å². The summed E-state index contributed by atoms with van der Waals surface area (Å²) in [5, 5.41) is 2.89. The van der Waals surface area contributed by atoms with Gasteiger partial charge in [0.1, 0.15) is 0 Å². The van der Waals surface area contributed by atoms with E-state index >= 15 is 0 Å². The fraction of sp³-hybridized carbons (Fsp3) is 0.545. The largest absolute Gasteiger partial charge is 0.376 e. The molecular formula is C11H15ClN2O2S. The van der Waals surface area contributed by atoms with Gasteiger partial charge in [0.25, 0.3) is 5.91 Å². The van der Waals surface area contributed by atoms with Crippen LogP contribution >= 0.6 is 22.9 Å². The number of hydrogen-bond donors (Lipinski definition) is 2. The Morgan fingerprint density at radius 2 is 2.47 bits per heavy atom. The first-order valence-corrected chi connectivity index (χ1v) is 6.74. The summed E-state index contributed by atoms with van der Waals surface area (Å²) in [6.45, 7) is 2.57. The fourth-order valence-corrected chi connectivity index (χ4v) is 2.83. The number of nitrogens with one attached hydrogen (secondary N) is 1. The summed E-state index contributed by atoms with van der Waals surface area (Å²) in [7, 11) is 0. The summed E-state index contributed by atoms with van der Waals surface area (Å²) >= 11 is 7.05. The van der Waals surface area contributed by atoms with E-state index in [-0.39, 0.29) is 24.1 Å². The van der Waals surface area contributed by atoms with Gasteiger partial charge in [0, 0.05) is 12.6 Å². The molecule has 0 aromatic carbocycles. The Morgan fingerprint density at radius 3 is 3.00 bits per heavy atom. The summed E-state index contributed by atoms with van der Waals surface area (Å²) in [4.78, 5) is 12.5. The Morgan fingerprint density at radius 1 is 1.71 bits per heavy atom. The Labute approximate surface area is 109 Å². The van der Waals surface area contributed by atoms with Crippen LogP contribution in [0.2, 0.25) is 4.34 Å². The number of nitrogens with two attached hydrogens (primary N) is 1. The van der Waals surface area contributed by atoms with E-state index in [4.69, 9.17) is 22.1 Å². The normalized spacial score (nSPS) is 27.6. The van der Waals surface area contributed by atoms with Gasteiger partial charge < -0.3 is 15.8 Å². The first-order chi connectivity index (χ1) is 8.11. The molecule has 6 heteroatoms. The van der Waals surface area contributed by atoms with Gasteiger partial charge in [-0.2, -0.15) is 0 Å². The molecule has 1 aliphatic rings. The molecule has 1 fully saturated rings. The number of rotatable bonds is 4. The lowest BCUT2D eigenvalue weighted by atomic mass is 9.83. The van der Waals surface area contributed by atoms with Gasteiger partial charge in [-0.3, -0.25) is 4.79 Å². The average molecular weight is 275 g/mol. The molecular weight excluding hydrogens is 260 g/mol. The van der Waals surface area contributed by atoms with Gasteiger partial charge >= 0.3 is 0 Å². The van der Waals surface area contributed by atoms with Crippen LogP contribution < -0.4 is 11.1 Å². The maximum atomic E-state index is 11.9. The smallest absolute Gasteiger partial charge is 0.261 e. The third-order valence-corrected chi connectivity index (χ3v) is 4.07. The number of amides is 1. The van der Waals surface area contributed by atoms with E-state index in [0.717, 1.165) is 6.42 Å². The van der Waals surface area contributed by atoms with Crippen LogP contribution in [0, 0.1) is 0 Å². The van der Waals surface area contributed by atoms with E-state index in [9.17, 15) is 4.79 Å². The van der Waals surface area contributed by atoms with E-state index in [2.05, 4.69) is 5.32 Å². The molecule has 1 saturated carbocycles. The van der Waals surface area contributed by atoms with Gasteiger partial charge in [0.05, 0.1) is 21.4 Å². The topological polar surface area (TPSA) is 64.3 Å². The minimum atomic E-state index is -0.133. The molecule has 0 bridgehead atoms. The third kappa shape index (κ3) is 2.80. The van der Waals surface area contributed by atoms with Crippen molar-refractivity contribution >= 4 is 28.8 Å². The molecule has 17 heavy (non-hydrogen) atoms. The van der Waals surface area contributed by atoms with E-state index in [1.807, 2.05) is 6.92 Å². The number of carbonyl (C=O) groups is 1. The van der Waals surface area contributed by atoms with Crippen molar-refractivity contribution in [3.8, 4) is 0 Å². The highest BCUT2D eigenvalue weighted by molar-refractivity contribution is 7.17. The molecule has 3 N–H and O–H groups in total. The van der Waals surface area contributed by atoms with Crippen molar-refractivity contribution in [1.82, 2.24) is 5.32 Å². The molecule has 1 amide bonds. The second kappa shape index (κ2) is 5.35. The monoisotopic (exact) mass is 274 g/mol. The maximum absolute atomic E-state index is 11.9. The summed E-state index contributed by atoms with van der Waals surface area (Å²) in [6.07, 6.45) is 0.832. The maximum Gasteiger partial charge on any atom is 0.261 e. The van der Waals surface area contributed by atoms with Crippen LogP contribution in [-0.4, -0.2) is 30.7 Å². The first kappa shape index (κ1) is 12.8. The zero-order valence-electron chi connectivity index (χ0n) is 9.48. The molecule has 0 radical (unpaired) electrons. The minimum absolute atomic E-state index is 0.0223. The summed E-state index contributed by atoms with van der Waals surface area (Å²) in [6, 6.07) is 3.30. The molecule has 1 heterocycles. The molecule has 0 aliphatic heterocycles. The van der Waals surface area contributed by atoms with Gasteiger partial charge in [0.2, 0.25) is 0 Å². The van der Waals surface area contributed by atoms with E-state index in [0.29, 0.717) is 15.8 Å². The molecule has 0 spiro atoms. The Kier molecular flexibility index (Phi) is 4.04. The lowest BCUT2D eigenvalue weighted by molar-refractivity contribution is -0.0299. The number of hydrogen-bond acceptors (Lipinski definition) is 4. The lowest BCUT2D eigenvalue weighted by Gasteiger charge is -2.42. The third-order valence-electron chi connectivity index (χ3n) is 2.84. The molecule has 1 aromatic rings. The molecule has 4 nitrogen and oxygen atoms in total. The molecule has 1 aliphatic carbocycles. The van der Waals surface area contributed by atoms with Crippen molar-refractivity contribution in [3.63, 3.8) is 0 Å². The zero-order valence-corrected chi connectivity index (χ0v) is 11.1. The molecule has 0 saturated heterocycles. The zero-order chi connectivity index (χ0) is 12.4. The van der Waals surface area contributed by atoms with Gasteiger partial charge in [-0.1, -0.05) is 11.6 Å². The average Bonchev–Trinajstić information content (AvgIpc) is 2.72. The molecule has 2 rings (SSSR count). The van der Waals surface area contributed by atoms with Crippen LogP contribution in [0.1, 0.15) is 23.0 Å². The highest BCUT2D eigenvalue weighted by Crippen LogP contribution is 2.25. The highest BCUT2D eigenvalue weighted by Gasteiger charge is 2.40. The lowest BCUT2D eigenvalue weighted by Crippen LogP contribution is -2.64. The second-order valence-electron chi connectivity index (χ2n) is 4.00. The number of carbonyl (C=O) groups excluding carboxylic acids is 1. The molecule has 94 valence electrons. The Bertz CT molecular complexity index is 408. The van der Waals surface area contributed by atoms with Crippen molar-refractivity contribution in [3.05, 3.63) is 21.3 Å². The van der Waals surface area contributed by atoms with Crippen LogP contribution in [0.5, 0.6) is 0 Å². The Balaban J connectivity index is 1.94. The van der Waals surface area contributed by atoms with Gasteiger partial charge in [-0.15, -0.1) is 11.3 Å². The van der Waals surface area contributed by atoms with E-state index in [1.165, 1.54) is 11.3 Å². The fourth-order valence-electron chi connectivity index (χ4n) is 1.89. The van der Waals surface area contributed by atoms with Crippen LogP contribution in [0.25, 0.3) is 0 Å². The van der Waals surface area contributed by atoms with Gasteiger partial charge in [0.15, 0.2) is 0 Å². The van der Waals surface area contributed by atoms with Gasteiger partial charge in [-0.05, 0) is 25.5 Å². The SMILES string of the molecule is CCOC1CC(N)C1NC(=O)c1ccc(Cl)s1. The molecule has 3 atom stereocenters. The predicted octanol–water partition coefficient (Wildman–Crippen LogP) is 1.64. The summed E-state index contributed by atoms with van der Waals surface area (Å²) in [5.74, 6) is -0.133. The van der Waals surface area contributed by atoms with Crippen molar-refractivity contribution in [2.24, 2.45) is 5.73 Å². The quantitative estimate of drug-likeness (QED) is 0.877. The Hall–Kier alpha value is -0.620. The number of ether oxygens (including phenoxy) is 1. The molecule has 3 unspecified atom stereocenters. The van der Waals surface area contributed by atoms with E-state index in [1.54, 1.807) is 12.1 Å². The van der Waals surface area contributed by atoms with Crippen LogP contribution in [0.3, 0.4) is 0 Å². The summed E-state index contributed by atoms with van der Waals surface area (Å²) < 4.78 is 6.09. The van der Waals surface area contributed by atoms with Crippen molar-refractivity contribution in [2.45, 2.75) is 31.5 Å². The van der Waals surface area contributed by atoms with Crippen molar-refractivity contribution < 1.29 is 9.53 Å². The van der Waals surface area contributed by atoms with Crippen LogP contribution in [-0.2, 0) is 4.74 Å². The molecule has 1 aromatic heterocycles. The number of thiophene rings is 1. The standard InChI is InChI=1S/C11H15ClN2O2S/c1-2-16-7-5-6(13)10(7)14-11(15)8-3-4-9(12)17-8/h3-4,6-7,10H,2,5,13H2,1H3,(H,14,15). The predicted molar refractivity (Wildman–Crippen MR) is 68.6 cm³/mol. The first-order valence-electron chi connectivity index (χ1n) is 5.55. The van der Waals surface area contributed by atoms with Crippen molar-refractivity contribution in [1.29, 1.82) is 0 Å². The van der Waals surface area contributed by atoms with Crippen molar-refractivity contribution in [2.75, 3.05) is 6.61 Å². The minimum Gasteiger partial charge on any atom is -0.376 e. The van der Waals surface area contributed by atoms with Crippen LogP contribution in [0.15, 0.2) is 12.1 Å².